The van der Waals surface area contributed by atoms with E-state index < -0.39 is 0 Å². The average molecular weight is 162 g/mol. The molecule has 0 aromatic carbocycles. The summed E-state index contributed by atoms with van der Waals surface area (Å²) in [6.45, 7) is 4.17. The van der Waals surface area contributed by atoms with Crippen LogP contribution in [0.5, 0.6) is 0 Å². The molecule has 0 saturated heterocycles. The van der Waals surface area contributed by atoms with Crippen LogP contribution in [0, 0.1) is 0 Å². The summed E-state index contributed by atoms with van der Waals surface area (Å²) in [6, 6.07) is 0. The molecule has 1 aromatic rings. The molecule has 1 aliphatic carbocycles. The molecular formula is C9H10N2O. The fourth-order valence-corrected chi connectivity index (χ4v) is 1.27. The third-order valence-electron chi connectivity index (χ3n) is 2.00. The van der Waals surface area contributed by atoms with Crippen LogP contribution in [-0.2, 0) is 5.41 Å². The first-order chi connectivity index (χ1) is 5.70. The molecule has 12 heavy (non-hydrogen) atoms. The summed E-state index contributed by atoms with van der Waals surface area (Å²) in [5.41, 5.74) is 1.64. The Morgan fingerprint density at radius 3 is 2.92 bits per heavy atom. The van der Waals surface area contributed by atoms with Crippen molar-refractivity contribution in [1.29, 1.82) is 0 Å². The number of allylic oxidation sites excluding steroid dienone is 3. The van der Waals surface area contributed by atoms with Gasteiger partial charge in [0, 0.05) is 5.41 Å². The first kappa shape index (κ1) is 7.28. The maximum Gasteiger partial charge on any atom is 0.131 e. The second-order valence-electron chi connectivity index (χ2n) is 3.44. The third kappa shape index (κ3) is 0.978. The molecule has 1 aliphatic rings. The van der Waals surface area contributed by atoms with E-state index >= 15 is 0 Å². The molecule has 3 nitrogen and oxygen atoms in total. The molecular weight excluding hydrogens is 152 g/mol. The van der Waals surface area contributed by atoms with Crippen molar-refractivity contribution in [2.45, 2.75) is 19.3 Å². The largest absolute Gasteiger partial charge is 0.244 e. The van der Waals surface area contributed by atoms with Gasteiger partial charge in [-0.05, 0) is 6.08 Å². The summed E-state index contributed by atoms with van der Waals surface area (Å²) in [6.07, 6.45) is 7.93. The van der Waals surface area contributed by atoms with Gasteiger partial charge < -0.3 is 0 Å². The minimum absolute atomic E-state index is 0.0845. The lowest BCUT2D eigenvalue weighted by atomic mass is 9.88. The Morgan fingerprint density at radius 1 is 1.25 bits per heavy atom. The summed E-state index contributed by atoms with van der Waals surface area (Å²) in [5, 5.41) is 7.68. The molecule has 0 spiro atoms. The minimum atomic E-state index is -0.0845. The highest BCUT2D eigenvalue weighted by Gasteiger charge is 2.25. The van der Waals surface area contributed by atoms with Gasteiger partial charge in [0.2, 0.25) is 0 Å². The molecule has 3 heteroatoms. The van der Waals surface area contributed by atoms with Crippen molar-refractivity contribution in [2.24, 2.45) is 0 Å². The van der Waals surface area contributed by atoms with Gasteiger partial charge in [0.15, 0.2) is 0 Å². The number of hydrogen-bond donors (Lipinski definition) is 0. The van der Waals surface area contributed by atoms with E-state index in [2.05, 4.69) is 34.9 Å². The molecule has 62 valence electrons. The zero-order chi connectivity index (χ0) is 8.60. The van der Waals surface area contributed by atoms with E-state index in [0.717, 1.165) is 11.4 Å². The van der Waals surface area contributed by atoms with Crippen molar-refractivity contribution < 1.29 is 4.63 Å². The Kier molecular flexibility index (Phi) is 1.40. The molecule has 1 heterocycles. The van der Waals surface area contributed by atoms with Crippen molar-refractivity contribution in [3.05, 3.63) is 29.6 Å². The first-order valence-electron chi connectivity index (χ1n) is 3.89. The van der Waals surface area contributed by atoms with E-state index in [1.165, 1.54) is 0 Å². The topological polar surface area (TPSA) is 38.9 Å². The van der Waals surface area contributed by atoms with Crippen LogP contribution in [0.25, 0.3) is 6.08 Å². The van der Waals surface area contributed by atoms with Gasteiger partial charge in [0.25, 0.3) is 0 Å². The Hall–Kier alpha value is -1.38. The van der Waals surface area contributed by atoms with E-state index in [9.17, 15) is 0 Å². The number of aromatic nitrogens is 2. The smallest absolute Gasteiger partial charge is 0.131 e. The van der Waals surface area contributed by atoms with Crippen molar-refractivity contribution in [3.63, 3.8) is 0 Å². The summed E-state index contributed by atoms with van der Waals surface area (Å²) < 4.78 is 4.67. The predicted molar refractivity (Wildman–Crippen MR) is 45.5 cm³/mol. The zero-order valence-electron chi connectivity index (χ0n) is 7.11. The molecule has 0 aliphatic heterocycles. The van der Waals surface area contributed by atoms with Crippen LogP contribution in [0.15, 0.2) is 22.9 Å². The summed E-state index contributed by atoms with van der Waals surface area (Å²) >= 11 is 0. The SMILES string of the molecule is CC1(C)C=CC=Cc2nonc21. The predicted octanol–water partition coefficient (Wildman–Crippen LogP) is 1.93. The van der Waals surface area contributed by atoms with Crippen molar-refractivity contribution in [1.82, 2.24) is 10.3 Å². The molecule has 0 fully saturated rings. The van der Waals surface area contributed by atoms with Crippen LogP contribution in [0.1, 0.15) is 25.2 Å². The van der Waals surface area contributed by atoms with Crippen LogP contribution in [0.3, 0.4) is 0 Å². The van der Waals surface area contributed by atoms with Gasteiger partial charge in [0.05, 0.1) is 0 Å². The maximum atomic E-state index is 4.67. The van der Waals surface area contributed by atoms with Crippen LogP contribution in [0.2, 0.25) is 0 Å². The van der Waals surface area contributed by atoms with Gasteiger partial charge in [-0.3, -0.25) is 0 Å². The number of rotatable bonds is 0. The van der Waals surface area contributed by atoms with Gasteiger partial charge in [-0.25, -0.2) is 4.63 Å². The van der Waals surface area contributed by atoms with E-state index in [1.807, 2.05) is 18.2 Å². The van der Waals surface area contributed by atoms with Gasteiger partial charge >= 0.3 is 0 Å². The molecule has 0 saturated carbocycles. The molecule has 0 amide bonds. The zero-order valence-corrected chi connectivity index (χ0v) is 7.11. The van der Waals surface area contributed by atoms with Crippen molar-refractivity contribution in [3.8, 4) is 0 Å². The molecule has 0 unspecified atom stereocenters. The highest BCUT2D eigenvalue weighted by atomic mass is 16.6. The first-order valence-corrected chi connectivity index (χ1v) is 3.89. The standard InChI is InChI=1S/C9H10N2O/c1-9(2)6-4-3-5-7-8(9)11-12-10-7/h3-6H,1-2H3. The van der Waals surface area contributed by atoms with E-state index in [1.54, 1.807) is 0 Å². The van der Waals surface area contributed by atoms with Crippen LogP contribution < -0.4 is 0 Å². The second-order valence-corrected chi connectivity index (χ2v) is 3.44. The number of nitrogens with zero attached hydrogens (tertiary/aromatic N) is 2. The quantitative estimate of drug-likeness (QED) is 0.585. The minimum Gasteiger partial charge on any atom is -0.244 e. The fraction of sp³-hybridized carbons (Fsp3) is 0.333. The summed E-state index contributed by atoms with van der Waals surface area (Å²) in [4.78, 5) is 0. The summed E-state index contributed by atoms with van der Waals surface area (Å²) in [7, 11) is 0. The highest BCUT2D eigenvalue weighted by molar-refractivity contribution is 5.53. The summed E-state index contributed by atoms with van der Waals surface area (Å²) in [5.74, 6) is 0. The fourth-order valence-electron chi connectivity index (χ4n) is 1.27. The Bertz CT molecular complexity index is 347. The lowest BCUT2D eigenvalue weighted by Gasteiger charge is -2.14. The van der Waals surface area contributed by atoms with E-state index in [-0.39, 0.29) is 5.41 Å². The Labute approximate surface area is 70.7 Å². The Morgan fingerprint density at radius 2 is 2.08 bits per heavy atom. The maximum absolute atomic E-state index is 4.67. The van der Waals surface area contributed by atoms with Crippen molar-refractivity contribution >= 4 is 6.08 Å². The third-order valence-corrected chi connectivity index (χ3v) is 2.00. The average Bonchev–Trinajstić information content (AvgIpc) is 2.42. The highest BCUT2D eigenvalue weighted by Crippen LogP contribution is 2.27. The lowest BCUT2D eigenvalue weighted by molar-refractivity contribution is 0.298. The molecule has 2 rings (SSSR count). The molecule has 0 bridgehead atoms. The monoisotopic (exact) mass is 162 g/mol. The van der Waals surface area contributed by atoms with E-state index in [4.69, 9.17) is 0 Å². The van der Waals surface area contributed by atoms with Crippen molar-refractivity contribution in [2.75, 3.05) is 0 Å². The van der Waals surface area contributed by atoms with Gasteiger partial charge in [0.1, 0.15) is 11.4 Å². The molecule has 0 atom stereocenters. The molecule has 0 radical (unpaired) electrons. The van der Waals surface area contributed by atoms with Gasteiger partial charge in [-0.1, -0.05) is 42.4 Å². The molecule has 1 aromatic heterocycles. The number of fused-ring (bicyclic) bond motifs is 1. The molecule has 0 N–H and O–H groups in total. The van der Waals surface area contributed by atoms with Crippen LogP contribution in [-0.4, -0.2) is 10.3 Å². The van der Waals surface area contributed by atoms with E-state index in [0.29, 0.717) is 0 Å². The second kappa shape index (κ2) is 2.30. The lowest BCUT2D eigenvalue weighted by Crippen LogP contribution is -2.14. The normalized spacial score (nSPS) is 18.8. The Balaban J connectivity index is 2.61. The van der Waals surface area contributed by atoms with Crippen LogP contribution >= 0.6 is 0 Å². The van der Waals surface area contributed by atoms with Gasteiger partial charge in [-0.15, -0.1) is 0 Å². The number of hydrogen-bond acceptors (Lipinski definition) is 3. The van der Waals surface area contributed by atoms with Crippen LogP contribution in [0.4, 0.5) is 0 Å². The van der Waals surface area contributed by atoms with Gasteiger partial charge in [-0.2, -0.15) is 0 Å².